The Balaban J connectivity index is 1.88. The number of aryl methyl sites for hydroxylation is 1. The summed E-state index contributed by atoms with van der Waals surface area (Å²) in [7, 11) is 0. The van der Waals surface area contributed by atoms with Crippen molar-refractivity contribution in [2.75, 3.05) is 11.4 Å². The van der Waals surface area contributed by atoms with Crippen LogP contribution in [-0.4, -0.2) is 37.4 Å². The fourth-order valence-electron chi connectivity index (χ4n) is 2.20. The highest BCUT2D eigenvalue weighted by atomic mass is 16.4. The first-order chi connectivity index (χ1) is 9.13. The quantitative estimate of drug-likeness (QED) is 0.854. The molecule has 0 atom stereocenters. The van der Waals surface area contributed by atoms with Crippen LogP contribution in [0.5, 0.6) is 0 Å². The summed E-state index contributed by atoms with van der Waals surface area (Å²) in [5, 5.41) is 13.3. The van der Waals surface area contributed by atoms with Gasteiger partial charge < -0.3 is 10.0 Å². The minimum atomic E-state index is -1.04. The van der Waals surface area contributed by atoms with Crippen molar-refractivity contribution in [1.29, 1.82) is 0 Å². The van der Waals surface area contributed by atoms with Crippen LogP contribution in [0.1, 0.15) is 21.9 Å². The molecular formula is C12H13N5O2. The van der Waals surface area contributed by atoms with Gasteiger partial charge >= 0.3 is 5.97 Å². The molecule has 98 valence electrons. The molecule has 0 fully saturated rings. The molecule has 3 heterocycles. The summed E-state index contributed by atoms with van der Waals surface area (Å²) in [6.45, 7) is 4.07. The van der Waals surface area contributed by atoms with E-state index >= 15 is 0 Å². The van der Waals surface area contributed by atoms with Gasteiger partial charge in [-0.3, -0.25) is 4.68 Å². The lowest BCUT2D eigenvalue weighted by Crippen LogP contribution is -2.35. The maximum atomic E-state index is 10.9. The van der Waals surface area contributed by atoms with Crippen LogP contribution in [-0.2, 0) is 13.1 Å². The number of aromatic carboxylic acids is 1. The molecule has 7 heteroatoms. The number of aromatic nitrogens is 4. The third-order valence-corrected chi connectivity index (χ3v) is 3.06. The minimum Gasteiger partial charge on any atom is -0.477 e. The van der Waals surface area contributed by atoms with Crippen molar-refractivity contribution in [1.82, 2.24) is 19.7 Å². The van der Waals surface area contributed by atoms with Crippen molar-refractivity contribution in [3.05, 3.63) is 35.4 Å². The Bertz CT molecular complexity index is 637. The summed E-state index contributed by atoms with van der Waals surface area (Å²) >= 11 is 0. The van der Waals surface area contributed by atoms with E-state index in [2.05, 4.69) is 15.1 Å². The Hall–Kier alpha value is -2.44. The number of nitrogens with zero attached hydrogens (tertiary/aromatic N) is 5. The topological polar surface area (TPSA) is 84.1 Å². The smallest absolute Gasteiger partial charge is 0.354 e. The molecule has 0 radical (unpaired) electrons. The first-order valence-electron chi connectivity index (χ1n) is 5.98. The maximum absolute atomic E-state index is 10.9. The molecule has 0 amide bonds. The molecule has 0 unspecified atom stereocenters. The third kappa shape index (κ3) is 2.14. The summed E-state index contributed by atoms with van der Waals surface area (Å²) < 4.78 is 1.97. The number of fused-ring (bicyclic) bond motifs is 1. The highest BCUT2D eigenvalue weighted by Crippen LogP contribution is 2.17. The first kappa shape index (κ1) is 11.6. The Labute approximate surface area is 109 Å². The average Bonchev–Trinajstić information content (AvgIpc) is 2.77. The van der Waals surface area contributed by atoms with Gasteiger partial charge in [0.25, 0.3) is 0 Å². The van der Waals surface area contributed by atoms with Gasteiger partial charge in [0.2, 0.25) is 5.95 Å². The zero-order chi connectivity index (χ0) is 13.4. The second-order valence-corrected chi connectivity index (χ2v) is 4.47. The molecule has 2 aromatic rings. The standard InChI is InChI=1S/C12H13N5O2/c1-8-6-9-7-16(4-5-17(9)15-8)12-13-3-2-10(14-12)11(18)19/h2-3,6H,4-5,7H2,1H3,(H,18,19). The van der Waals surface area contributed by atoms with Gasteiger partial charge in [-0.05, 0) is 19.1 Å². The molecule has 1 aliphatic rings. The summed E-state index contributed by atoms with van der Waals surface area (Å²) in [5.74, 6) is -0.591. The second-order valence-electron chi connectivity index (χ2n) is 4.47. The van der Waals surface area contributed by atoms with Gasteiger partial charge in [-0.2, -0.15) is 5.10 Å². The van der Waals surface area contributed by atoms with E-state index in [0.717, 1.165) is 24.5 Å². The van der Waals surface area contributed by atoms with Crippen LogP contribution in [0.3, 0.4) is 0 Å². The fourth-order valence-corrected chi connectivity index (χ4v) is 2.20. The highest BCUT2D eigenvalue weighted by molar-refractivity contribution is 5.85. The lowest BCUT2D eigenvalue weighted by molar-refractivity contribution is 0.0690. The van der Waals surface area contributed by atoms with Crippen LogP contribution in [0.15, 0.2) is 18.3 Å². The fraction of sp³-hybridized carbons (Fsp3) is 0.333. The largest absolute Gasteiger partial charge is 0.477 e. The van der Waals surface area contributed by atoms with Crippen molar-refractivity contribution in [3.8, 4) is 0 Å². The highest BCUT2D eigenvalue weighted by Gasteiger charge is 2.20. The predicted octanol–water partition coefficient (Wildman–Crippen LogP) is 0.700. The van der Waals surface area contributed by atoms with Gasteiger partial charge in [0.15, 0.2) is 5.69 Å². The van der Waals surface area contributed by atoms with Gasteiger partial charge in [0.05, 0.1) is 24.5 Å². The van der Waals surface area contributed by atoms with E-state index in [9.17, 15) is 4.79 Å². The SMILES string of the molecule is Cc1cc2n(n1)CCN(c1nccc(C(=O)O)n1)C2. The zero-order valence-corrected chi connectivity index (χ0v) is 10.4. The lowest BCUT2D eigenvalue weighted by Gasteiger charge is -2.27. The van der Waals surface area contributed by atoms with Crippen LogP contribution >= 0.6 is 0 Å². The molecule has 0 saturated carbocycles. The molecular weight excluding hydrogens is 246 g/mol. The molecule has 0 bridgehead atoms. The summed E-state index contributed by atoms with van der Waals surface area (Å²) in [6, 6.07) is 3.41. The van der Waals surface area contributed by atoms with Gasteiger partial charge in [0, 0.05) is 12.7 Å². The number of carbonyl (C=O) groups is 1. The summed E-state index contributed by atoms with van der Waals surface area (Å²) in [6.07, 6.45) is 1.48. The van der Waals surface area contributed by atoms with Crippen LogP contribution in [0, 0.1) is 6.92 Å². The van der Waals surface area contributed by atoms with E-state index in [-0.39, 0.29) is 5.69 Å². The van der Waals surface area contributed by atoms with Crippen LogP contribution in [0.4, 0.5) is 5.95 Å². The van der Waals surface area contributed by atoms with Crippen LogP contribution < -0.4 is 4.90 Å². The number of hydrogen-bond acceptors (Lipinski definition) is 5. The van der Waals surface area contributed by atoms with Crippen molar-refractivity contribution in [2.45, 2.75) is 20.0 Å². The summed E-state index contributed by atoms with van der Waals surface area (Å²) in [4.78, 5) is 21.1. The van der Waals surface area contributed by atoms with Crippen molar-refractivity contribution < 1.29 is 9.90 Å². The Morgan fingerprint density at radius 2 is 2.26 bits per heavy atom. The van der Waals surface area contributed by atoms with Crippen molar-refractivity contribution >= 4 is 11.9 Å². The minimum absolute atomic E-state index is 0.0141. The number of rotatable bonds is 2. The molecule has 1 aliphatic heterocycles. The normalized spacial score (nSPS) is 14.3. The average molecular weight is 259 g/mol. The number of anilines is 1. The monoisotopic (exact) mass is 259 g/mol. The van der Waals surface area contributed by atoms with E-state index < -0.39 is 5.97 Å². The van der Waals surface area contributed by atoms with E-state index in [1.807, 2.05) is 22.6 Å². The van der Waals surface area contributed by atoms with Gasteiger partial charge in [0.1, 0.15) is 0 Å². The molecule has 0 aromatic carbocycles. The number of carboxylic acids is 1. The van der Waals surface area contributed by atoms with E-state index in [1.165, 1.54) is 12.3 Å². The van der Waals surface area contributed by atoms with Crippen molar-refractivity contribution in [3.63, 3.8) is 0 Å². The molecule has 19 heavy (non-hydrogen) atoms. The Morgan fingerprint density at radius 3 is 3.05 bits per heavy atom. The van der Waals surface area contributed by atoms with E-state index in [0.29, 0.717) is 12.5 Å². The first-order valence-corrected chi connectivity index (χ1v) is 5.98. The Morgan fingerprint density at radius 1 is 1.42 bits per heavy atom. The lowest BCUT2D eigenvalue weighted by atomic mass is 10.3. The third-order valence-electron chi connectivity index (χ3n) is 3.06. The van der Waals surface area contributed by atoms with Gasteiger partial charge in [-0.15, -0.1) is 0 Å². The predicted molar refractivity (Wildman–Crippen MR) is 67.0 cm³/mol. The molecule has 7 nitrogen and oxygen atoms in total. The van der Waals surface area contributed by atoms with E-state index in [4.69, 9.17) is 5.11 Å². The van der Waals surface area contributed by atoms with Gasteiger partial charge in [-0.25, -0.2) is 14.8 Å². The zero-order valence-electron chi connectivity index (χ0n) is 10.4. The second kappa shape index (κ2) is 4.34. The Kier molecular flexibility index (Phi) is 2.66. The number of carboxylic acid groups (broad SMARTS) is 1. The molecule has 2 aromatic heterocycles. The van der Waals surface area contributed by atoms with Crippen molar-refractivity contribution in [2.24, 2.45) is 0 Å². The summed E-state index contributed by atoms with van der Waals surface area (Å²) in [5.41, 5.74) is 2.09. The van der Waals surface area contributed by atoms with Gasteiger partial charge in [-0.1, -0.05) is 0 Å². The maximum Gasteiger partial charge on any atom is 0.354 e. The van der Waals surface area contributed by atoms with E-state index in [1.54, 1.807) is 0 Å². The molecule has 3 rings (SSSR count). The molecule has 0 aliphatic carbocycles. The van der Waals surface area contributed by atoms with Crippen LogP contribution in [0.2, 0.25) is 0 Å². The number of hydrogen-bond donors (Lipinski definition) is 1. The van der Waals surface area contributed by atoms with Crippen LogP contribution in [0.25, 0.3) is 0 Å². The molecule has 1 N–H and O–H groups in total. The molecule has 0 saturated heterocycles. The molecule has 0 spiro atoms.